The molecule has 1 aliphatic rings. The molecule has 3 nitrogen and oxygen atoms in total. The zero-order valence-corrected chi connectivity index (χ0v) is 13.9. The molecule has 0 aromatic heterocycles. The predicted molar refractivity (Wildman–Crippen MR) is 85.3 cm³/mol. The molecule has 1 heterocycles. The fourth-order valence-electron chi connectivity index (χ4n) is 1.97. The molecular weight excluding hydrogens is 319 g/mol. The Morgan fingerprint density at radius 1 is 1.20 bits per heavy atom. The number of rotatable bonds is 3. The predicted octanol–water partition coefficient (Wildman–Crippen LogP) is 3.46. The molecule has 1 aliphatic heterocycles. The Hall–Kier alpha value is -0.615. The lowest BCUT2D eigenvalue weighted by atomic mass is 9.77. The summed E-state index contributed by atoms with van der Waals surface area (Å²) < 4.78 is 12.9. The van der Waals surface area contributed by atoms with Crippen molar-refractivity contribution in [1.82, 2.24) is 0 Å². The van der Waals surface area contributed by atoms with Crippen molar-refractivity contribution < 1.29 is 14.4 Å². The van der Waals surface area contributed by atoms with Crippen LogP contribution in [0.3, 0.4) is 0 Å². The Bertz CT molecular complexity index is 510. The van der Waals surface area contributed by atoms with Gasteiger partial charge in [-0.15, -0.1) is 0 Å². The molecule has 1 N–H and O–H groups in total. The number of hydrogen-bond acceptors (Lipinski definition) is 3. The third-order valence-corrected chi connectivity index (χ3v) is 4.71. The monoisotopic (exact) mass is 338 g/mol. The number of halogens is 1. The van der Waals surface area contributed by atoms with Gasteiger partial charge in [-0.1, -0.05) is 40.2 Å². The smallest absolute Gasteiger partial charge is 0.400 e. The van der Waals surface area contributed by atoms with Crippen molar-refractivity contribution in [1.29, 1.82) is 0 Å². The van der Waals surface area contributed by atoms with Gasteiger partial charge in [-0.3, -0.25) is 0 Å². The second-order valence-corrected chi connectivity index (χ2v) is 6.84. The van der Waals surface area contributed by atoms with E-state index >= 15 is 0 Å². The largest absolute Gasteiger partial charge is 0.492 e. The van der Waals surface area contributed by atoms with Gasteiger partial charge in [0.05, 0.1) is 17.8 Å². The lowest BCUT2D eigenvalue weighted by Gasteiger charge is -2.32. The minimum atomic E-state index is -0.517. The molecule has 0 radical (unpaired) electrons. The zero-order chi connectivity index (χ0) is 15.0. The van der Waals surface area contributed by atoms with Gasteiger partial charge in [0.25, 0.3) is 0 Å². The van der Waals surface area contributed by atoms with Crippen molar-refractivity contribution in [3.05, 3.63) is 39.8 Å². The number of aliphatic hydroxyl groups is 1. The summed E-state index contributed by atoms with van der Waals surface area (Å²) in [5.41, 5.74) is 0.904. The zero-order valence-electron chi connectivity index (χ0n) is 12.3. The average molecular weight is 339 g/mol. The summed E-state index contributed by atoms with van der Waals surface area (Å²) in [6, 6.07) is 7.85. The molecule has 20 heavy (non-hydrogen) atoms. The highest BCUT2D eigenvalue weighted by atomic mass is 79.9. The normalized spacial score (nSPS) is 21.3. The highest BCUT2D eigenvalue weighted by Crippen LogP contribution is 2.38. The fraction of sp³-hybridized carbons (Fsp3) is 0.467. The summed E-state index contributed by atoms with van der Waals surface area (Å²) in [4.78, 5) is 0. The van der Waals surface area contributed by atoms with Crippen LogP contribution in [-0.4, -0.2) is 30.0 Å². The first-order chi connectivity index (χ1) is 9.27. The summed E-state index contributed by atoms with van der Waals surface area (Å²) in [5, 5.41) is 9.64. The van der Waals surface area contributed by atoms with Crippen molar-refractivity contribution in [3.63, 3.8) is 0 Å². The molecule has 0 spiro atoms. The quantitative estimate of drug-likeness (QED) is 0.858. The molecule has 2 rings (SSSR count). The van der Waals surface area contributed by atoms with Crippen molar-refractivity contribution in [2.24, 2.45) is 0 Å². The van der Waals surface area contributed by atoms with E-state index in [2.05, 4.69) is 15.9 Å². The Kier molecular flexibility index (Phi) is 4.45. The SMILES string of the molecule is CC1(C)OB(C(=Cc2ccccc2Br)CO)OC1(C)C. The third kappa shape index (κ3) is 3.01. The van der Waals surface area contributed by atoms with Crippen LogP contribution in [-0.2, 0) is 9.31 Å². The van der Waals surface area contributed by atoms with Crippen LogP contribution in [0.4, 0.5) is 0 Å². The first kappa shape index (κ1) is 15.8. The minimum Gasteiger partial charge on any atom is -0.400 e. The molecule has 0 bridgehead atoms. The minimum absolute atomic E-state index is 0.0990. The van der Waals surface area contributed by atoms with E-state index in [1.54, 1.807) is 0 Å². The van der Waals surface area contributed by atoms with Crippen LogP contribution >= 0.6 is 15.9 Å². The summed E-state index contributed by atoms with van der Waals surface area (Å²) in [7, 11) is -0.517. The molecule has 1 saturated heterocycles. The Morgan fingerprint density at radius 2 is 1.75 bits per heavy atom. The van der Waals surface area contributed by atoms with Crippen LogP contribution in [0.5, 0.6) is 0 Å². The van der Waals surface area contributed by atoms with Crippen molar-refractivity contribution in [3.8, 4) is 0 Å². The van der Waals surface area contributed by atoms with Gasteiger partial charge in [0.2, 0.25) is 0 Å². The molecule has 0 unspecified atom stereocenters. The van der Waals surface area contributed by atoms with Crippen LogP contribution in [0, 0.1) is 0 Å². The molecular formula is C15H20BBrO3. The van der Waals surface area contributed by atoms with Crippen molar-refractivity contribution >= 4 is 29.1 Å². The van der Waals surface area contributed by atoms with Gasteiger partial charge >= 0.3 is 7.12 Å². The molecule has 0 aliphatic carbocycles. The molecule has 1 aromatic rings. The van der Waals surface area contributed by atoms with E-state index in [1.807, 2.05) is 58.0 Å². The highest BCUT2D eigenvalue weighted by molar-refractivity contribution is 9.10. The Morgan fingerprint density at radius 3 is 2.25 bits per heavy atom. The maximum absolute atomic E-state index is 9.64. The molecule has 0 amide bonds. The van der Waals surface area contributed by atoms with Crippen molar-refractivity contribution in [2.75, 3.05) is 6.61 Å². The summed E-state index contributed by atoms with van der Waals surface area (Å²) in [5.74, 6) is 0. The number of benzene rings is 1. The fourth-order valence-corrected chi connectivity index (χ4v) is 2.37. The third-order valence-electron chi connectivity index (χ3n) is 3.98. The van der Waals surface area contributed by atoms with E-state index in [9.17, 15) is 5.11 Å². The van der Waals surface area contributed by atoms with Gasteiger partial charge in [0, 0.05) is 4.47 Å². The molecule has 0 atom stereocenters. The summed E-state index contributed by atoms with van der Waals surface area (Å²) >= 11 is 3.50. The van der Waals surface area contributed by atoms with E-state index in [0.717, 1.165) is 15.5 Å². The average Bonchev–Trinajstić information content (AvgIpc) is 2.57. The maximum Gasteiger partial charge on any atom is 0.492 e. The molecule has 108 valence electrons. The molecule has 1 aromatic carbocycles. The van der Waals surface area contributed by atoms with Gasteiger partial charge < -0.3 is 14.4 Å². The van der Waals surface area contributed by atoms with E-state index < -0.39 is 18.3 Å². The van der Waals surface area contributed by atoms with Gasteiger partial charge in [-0.25, -0.2) is 0 Å². The highest BCUT2D eigenvalue weighted by Gasteiger charge is 2.52. The lowest BCUT2D eigenvalue weighted by molar-refractivity contribution is 0.00578. The van der Waals surface area contributed by atoms with Crippen LogP contribution in [0.15, 0.2) is 34.2 Å². The molecule has 1 fully saturated rings. The standard InChI is InChI=1S/C15H20BBrO3/c1-14(2)15(3,4)20-16(19-14)12(10-18)9-11-7-5-6-8-13(11)17/h5-9,18H,10H2,1-4H3. The van der Waals surface area contributed by atoms with E-state index in [0.29, 0.717) is 0 Å². The second kappa shape index (κ2) is 5.64. The van der Waals surface area contributed by atoms with Crippen LogP contribution in [0.2, 0.25) is 0 Å². The van der Waals surface area contributed by atoms with Crippen LogP contribution in [0.25, 0.3) is 6.08 Å². The Labute approximate surface area is 129 Å². The van der Waals surface area contributed by atoms with Crippen molar-refractivity contribution in [2.45, 2.75) is 38.9 Å². The molecule has 5 heteroatoms. The summed E-state index contributed by atoms with van der Waals surface area (Å²) in [6.07, 6.45) is 1.91. The van der Waals surface area contributed by atoms with Gasteiger partial charge in [0.1, 0.15) is 0 Å². The number of hydrogen-bond donors (Lipinski definition) is 1. The lowest BCUT2D eigenvalue weighted by Crippen LogP contribution is -2.41. The number of aliphatic hydroxyl groups excluding tert-OH is 1. The van der Waals surface area contributed by atoms with Crippen LogP contribution < -0.4 is 0 Å². The van der Waals surface area contributed by atoms with E-state index in [-0.39, 0.29) is 6.61 Å². The van der Waals surface area contributed by atoms with E-state index in [1.165, 1.54) is 0 Å². The van der Waals surface area contributed by atoms with Crippen LogP contribution in [0.1, 0.15) is 33.3 Å². The first-order valence-electron chi connectivity index (χ1n) is 6.68. The summed E-state index contributed by atoms with van der Waals surface area (Å²) in [6.45, 7) is 7.90. The Balaban J connectivity index is 2.29. The first-order valence-corrected chi connectivity index (χ1v) is 7.47. The van der Waals surface area contributed by atoms with Gasteiger partial charge in [-0.05, 0) is 44.8 Å². The second-order valence-electron chi connectivity index (χ2n) is 5.99. The van der Waals surface area contributed by atoms with Gasteiger partial charge in [-0.2, -0.15) is 0 Å². The maximum atomic E-state index is 9.64. The van der Waals surface area contributed by atoms with E-state index in [4.69, 9.17) is 9.31 Å². The topological polar surface area (TPSA) is 38.7 Å². The molecule has 0 saturated carbocycles. The van der Waals surface area contributed by atoms with Gasteiger partial charge in [0.15, 0.2) is 0 Å².